The first-order valence-corrected chi connectivity index (χ1v) is 13.4. The molecule has 1 aliphatic heterocycles. The molecule has 0 N–H and O–H groups in total. The van der Waals surface area contributed by atoms with Crippen molar-refractivity contribution in [2.24, 2.45) is 0 Å². The molecule has 1 aliphatic rings. The zero-order valence-corrected chi connectivity index (χ0v) is 22.3. The van der Waals surface area contributed by atoms with Crippen LogP contribution in [-0.2, 0) is 0 Å². The van der Waals surface area contributed by atoms with Gasteiger partial charge in [-0.25, -0.2) is 0 Å². The smallest absolute Gasteiger partial charge is 0.254 e. The molecule has 1 saturated heterocycles. The Hall–Kier alpha value is -3.11. The molecular weight excluding hydrogens is 442 g/mol. The summed E-state index contributed by atoms with van der Waals surface area (Å²) in [7, 11) is 0. The Morgan fingerprint density at radius 2 is 1.31 bits per heavy atom. The number of hydrogen-bond donors (Lipinski definition) is 0. The topological polar surface area (TPSA) is 26.8 Å². The molecule has 36 heavy (non-hydrogen) atoms. The van der Waals surface area contributed by atoms with Crippen LogP contribution in [0.3, 0.4) is 0 Å². The summed E-state index contributed by atoms with van der Waals surface area (Å²) in [4.78, 5) is 20.2. The summed E-state index contributed by atoms with van der Waals surface area (Å²) >= 11 is 0. The number of benzene rings is 3. The highest BCUT2D eigenvalue weighted by Crippen LogP contribution is 2.28. The zero-order valence-electron chi connectivity index (χ0n) is 22.3. The first-order valence-electron chi connectivity index (χ1n) is 13.4. The van der Waals surface area contributed by atoms with Crippen LogP contribution in [0, 0.1) is 0 Å². The molecule has 0 spiro atoms. The number of anilines is 1. The minimum Gasteiger partial charge on any atom is -0.369 e. The first-order chi connectivity index (χ1) is 17.4. The van der Waals surface area contributed by atoms with Crippen molar-refractivity contribution in [2.45, 2.75) is 52.1 Å². The van der Waals surface area contributed by atoms with Crippen molar-refractivity contribution in [3.05, 3.63) is 102 Å². The normalized spacial score (nSPS) is 14.6. The van der Waals surface area contributed by atoms with Crippen LogP contribution in [0.1, 0.15) is 61.5 Å². The van der Waals surface area contributed by atoms with E-state index in [1.807, 2.05) is 17.0 Å². The number of hydrogen-bond acceptors (Lipinski definition) is 3. The van der Waals surface area contributed by atoms with Crippen molar-refractivity contribution >= 4 is 11.6 Å². The van der Waals surface area contributed by atoms with Gasteiger partial charge in [0.05, 0.1) is 0 Å². The summed E-state index contributed by atoms with van der Waals surface area (Å²) in [5.41, 5.74) is 4.71. The molecule has 4 heteroatoms. The second kappa shape index (κ2) is 12.2. The Kier molecular flexibility index (Phi) is 8.82. The maximum atomic E-state index is 13.2. The van der Waals surface area contributed by atoms with E-state index in [0.29, 0.717) is 5.92 Å². The number of nitrogens with zero attached hydrogens (tertiary/aromatic N) is 3. The van der Waals surface area contributed by atoms with Crippen molar-refractivity contribution < 1.29 is 4.79 Å². The Balaban J connectivity index is 1.37. The van der Waals surface area contributed by atoms with Crippen LogP contribution in [0.5, 0.6) is 0 Å². The van der Waals surface area contributed by atoms with Crippen molar-refractivity contribution in [3.8, 4) is 0 Å². The average molecular weight is 484 g/mol. The van der Waals surface area contributed by atoms with E-state index in [-0.39, 0.29) is 18.0 Å². The minimum atomic E-state index is 0.119. The summed E-state index contributed by atoms with van der Waals surface area (Å²) in [6.45, 7) is 13.5. The molecular formula is C32H41N3O. The highest BCUT2D eigenvalue weighted by atomic mass is 16.2. The molecule has 3 aromatic rings. The third-order valence-corrected chi connectivity index (χ3v) is 7.32. The molecule has 4 nitrogen and oxygen atoms in total. The van der Waals surface area contributed by atoms with Crippen LogP contribution >= 0.6 is 0 Å². The standard InChI is InChI=1S/C32H41N3O/c1-25(2)35(26(3)4)32(36)29-16-11-17-30(24-29)34-22-20-33(21-23-34)19-18-31(27-12-7-5-8-13-27)28-14-9-6-10-15-28/h5-17,24-26,31H,18-23H2,1-4H3. The molecule has 0 bridgehead atoms. The lowest BCUT2D eigenvalue weighted by Crippen LogP contribution is -2.47. The van der Waals surface area contributed by atoms with Crippen LogP contribution in [-0.4, -0.2) is 60.5 Å². The molecule has 3 aromatic carbocycles. The number of carbonyl (C=O) groups is 1. The summed E-state index contributed by atoms with van der Waals surface area (Å²) in [6, 6.07) is 30.3. The molecule has 0 unspecified atom stereocenters. The van der Waals surface area contributed by atoms with E-state index in [4.69, 9.17) is 0 Å². The Bertz CT molecular complexity index is 1040. The number of amides is 1. The van der Waals surface area contributed by atoms with Gasteiger partial charge >= 0.3 is 0 Å². The summed E-state index contributed by atoms with van der Waals surface area (Å²) < 4.78 is 0. The van der Waals surface area contributed by atoms with Gasteiger partial charge in [0.2, 0.25) is 0 Å². The van der Waals surface area contributed by atoms with Gasteiger partial charge < -0.3 is 9.80 Å². The number of carbonyl (C=O) groups excluding carboxylic acids is 1. The highest BCUT2D eigenvalue weighted by Gasteiger charge is 2.24. The van der Waals surface area contributed by atoms with E-state index >= 15 is 0 Å². The molecule has 190 valence electrons. The maximum Gasteiger partial charge on any atom is 0.254 e. The van der Waals surface area contributed by atoms with Crippen LogP contribution in [0.15, 0.2) is 84.9 Å². The van der Waals surface area contributed by atoms with Crippen LogP contribution in [0.2, 0.25) is 0 Å². The molecule has 0 aromatic heterocycles. The zero-order chi connectivity index (χ0) is 25.5. The summed E-state index contributed by atoms with van der Waals surface area (Å²) in [5.74, 6) is 0.534. The molecule has 0 saturated carbocycles. The van der Waals surface area contributed by atoms with E-state index in [0.717, 1.165) is 50.4 Å². The van der Waals surface area contributed by atoms with E-state index in [9.17, 15) is 4.79 Å². The lowest BCUT2D eigenvalue weighted by molar-refractivity contribution is 0.0643. The van der Waals surface area contributed by atoms with Gasteiger partial charge in [0.25, 0.3) is 5.91 Å². The third-order valence-electron chi connectivity index (χ3n) is 7.32. The monoisotopic (exact) mass is 483 g/mol. The lowest BCUT2D eigenvalue weighted by Gasteiger charge is -2.37. The van der Waals surface area contributed by atoms with Crippen molar-refractivity contribution in [3.63, 3.8) is 0 Å². The Labute approximate surface area is 217 Å². The fraction of sp³-hybridized carbons (Fsp3) is 0.406. The summed E-state index contributed by atoms with van der Waals surface area (Å²) in [6.07, 6.45) is 1.11. The molecule has 0 aliphatic carbocycles. The Morgan fingerprint density at radius 3 is 1.83 bits per heavy atom. The van der Waals surface area contributed by atoms with Crippen molar-refractivity contribution in [1.29, 1.82) is 0 Å². The minimum absolute atomic E-state index is 0.119. The predicted octanol–water partition coefficient (Wildman–Crippen LogP) is 6.29. The molecule has 1 amide bonds. The Morgan fingerprint density at radius 1 is 0.750 bits per heavy atom. The third kappa shape index (κ3) is 6.36. The van der Waals surface area contributed by atoms with Gasteiger partial charge in [0.15, 0.2) is 0 Å². The average Bonchev–Trinajstić information content (AvgIpc) is 2.90. The molecule has 1 fully saturated rings. The van der Waals surface area contributed by atoms with Crippen molar-refractivity contribution in [1.82, 2.24) is 9.80 Å². The SMILES string of the molecule is CC(C)N(C(=O)c1cccc(N2CCN(CCC(c3ccccc3)c3ccccc3)CC2)c1)C(C)C. The van der Waals surface area contributed by atoms with E-state index in [1.54, 1.807) is 0 Å². The first kappa shape index (κ1) is 26.0. The molecule has 4 rings (SSSR count). The summed E-state index contributed by atoms with van der Waals surface area (Å²) in [5, 5.41) is 0. The van der Waals surface area contributed by atoms with E-state index in [1.165, 1.54) is 11.1 Å². The van der Waals surface area contributed by atoms with Crippen molar-refractivity contribution in [2.75, 3.05) is 37.6 Å². The quantitative estimate of drug-likeness (QED) is 0.358. The predicted molar refractivity (Wildman–Crippen MR) is 151 cm³/mol. The fourth-order valence-corrected chi connectivity index (χ4v) is 5.49. The second-order valence-electron chi connectivity index (χ2n) is 10.4. The molecule has 1 heterocycles. The van der Waals surface area contributed by atoms with E-state index in [2.05, 4.69) is 110 Å². The highest BCUT2D eigenvalue weighted by molar-refractivity contribution is 5.95. The van der Waals surface area contributed by atoms with Crippen LogP contribution < -0.4 is 4.90 Å². The second-order valence-corrected chi connectivity index (χ2v) is 10.4. The lowest BCUT2D eigenvalue weighted by atomic mass is 9.88. The van der Waals surface area contributed by atoms with Crippen LogP contribution in [0.25, 0.3) is 0 Å². The van der Waals surface area contributed by atoms with Gasteiger partial charge in [0.1, 0.15) is 0 Å². The number of rotatable bonds is 9. The molecule has 0 radical (unpaired) electrons. The van der Waals surface area contributed by atoms with Gasteiger partial charge in [0, 0.05) is 55.4 Å². The van der Waals surface area contributed by atoms with Gasteiger partial charge in [-0.1, -0.05) is 66.7 Å². The van der Waals surface area contributed by atoms with Gasteiger partial charge in [-0.2, -0.15) is 0 Å². The number of piperazine rings is 1. The fourth-order valence-electron chi connectivity index (χ4n) is 5.49. The maximum absolute atomic E-state index is 13.2. The largest absolute Gasteiger partial charge is 0.369 e. The van der Waals surface area contributed by atoms with Crippen LogP contribution in [0.4, 0.5) is 5.69 Å². The van der Waals surface area contributed by atoms with Gasteiger partial charge in [-0.3, -0.25) is 9.69 Å². The molecule has 0 atom stereocenters. The van der Waals surface area contributed by atoms with E-state index < -0.39 is 0 Å². The van der Waals surface area contributed by atoms with Gasteiger partial charge in [-0.15, -0.1) is 0 Å². The van der Waals surface area contributed by atoms with Gasteiger partial charge in [-0.05, 0) is 70.0 Å².